The molecule has 0 bridgehead atoms. The third-order valence-corrected chi connectivity index (χ3v) is 5.43. The zero-order chi connectivity index (χ0) is 20.2. The maximum Gasteiger partial charge on any atom is 0.150 e. The predicted molar refractivity (Wildman–Crippen MR) is 114 cm³/mol. The summed E-state index contributed by atoms with van der Waals surface area (Å²) in [6.07, 6.45) is 7.64. The number of pyridine rings is 1. The molecule has 0 radical (unpaired) electrons. The fourth-order valence-corrected chi connectivity index (χ4v) is 3.89. The van der Waals surface area contributed by atoms with Crippen LogP contribution in [0.5, 0.6) is 5.75 Å². The van der Waals surface area contributed by atoms with E-state index in [4.69, 9.17) is 9.72 Å². The van der Waals surface area contributed by atoms with Crippen molar-refractivity contribution in [3.63, 3.8) is 0 Å². The van der Waals surface area contributed by atoms with Crippen molar-refractivity contribution in [2.45, 2.75) is 39.3 Å². The van der Waals surface area contributed by atoms with Gasteiger partial charge in [-0.15, -0.1) is 0 Å². The average Bonchev–Trinajstić information content (AvgIpc) is 3.19. The van der Waals surface area contributed by atoms with Gasteiger partial charge >= 0.3 is 0 Å². The summed E-state index contributed by atoms with van der Waals surface area (Å²) in [5.74, 6) is 2.48. The molecule has 150 valence electrons. The second kappa shape index (κ2) is 8.57. The Morgan fingerprint density at radius 2 is 2.10 bits per heavy atom. The third kappa shape index (κ3) is 4.38. The lowest BCUT2D eigenvalue weighted by molar-refractivity contribution is 0.240. The molecule has 1 aliphatic heterocycles. The number of hydrogen-bond donors (Lipinski definition) is 1. The van der Waals surface area contributed by atoms with Crippen LogP contribution in [0.25, 0.3) is 0 Å². The van der Waals surface area contributed by atoms with Gasteiger partial charge in [0.05, 0.1) is 31.2 Å². The van der Waals surface area contributed by atoms with Crippen molar-refractivity contribution in [1.82, 2.24) is 19.9 Å². The van der Waals surface area contributed by atoms with Crippen LogP contribution in [0.3, 0.4) is 0 Å². The van der Waals surface area contributed by atoms with Crippen LogP contribution in [0, 0.1) is 13.8 Å². The highest BCUT2D eigenvalue weighted by molar-refractivity contribution is 5.54. The van der Waals surface area contributed by atoms with E-state index in [1.54, 1.807) is 19.5 Å². The molecule has 1 aromatic carbocycles. The fraction of sp³-hybridized carbons (Fsp3) is 0.348. The Balaban J connectivity index is 1.54. The molecule has 4 rings (SSSR count). The van der Waals surface area contributed by atoms with Crippen LogP contribution in [0.15, 0.2) is 48.9 Å². The summed E-state index contributed by atoms with van der Waals surface area (Å²) in [5.41, 5.74) is 4.48. The second-order valence-electron chi connectivity index (χ2n) is 7.57. The maximum atomic E-state index is 5.60. The fourth-order valence-electron chi connectivity index (χ4n) is 3.89. The van der Waals surface area contributed by atoms with Gasteiger partial charge in [-0.05, 0) is 56.5 Å². The Morgan fingerprint density at radius 3 is 2.93 bits per heavy atom. The molecule has 0 unspecified atom stereocenters. The molecule has 1 atom stereocenters. The first-order chi connectivity index (χ1) is 14.1. The minimum atomic E-state index is 0.250. The molecule has 0 aliphatic carbocycles. The average molecular weight is 390 g/mol. The first-order valence-electron chi connectivity index (χ1n) is 10.0. The molecule has 1 aliphatic rings. The standard InChI is InChI=1S/C23H27N5O/c1-16-8-9-18(21(12-16)29-3)15-28-11-5-7-20(28)19-13-24-14-22(26-19)27-23-17(2)6-4-10-25-23/h4,6,8-10,12-14,20H,5,7,11,15H2,1-3H3,(H,25,26,27)/t20-/m1/s1. The molecule has 0 spiro atoms. The number of aromatic nitrogens is 3. The van der Waals surface area contributed by atoms with Crippen LogP contribution in [0.4, 0.5) is 11.6 Å². The molecule has 6 nitrogen and oxygen atoms in total. The van der Waals surface area contributed by atoms with E-state index in [1.165, 1.54) is 11.1 Å². The molecule has 2 aromatic heterocycles. The van der Waals surface area contributed by atoms with Gasteiger partial charge in [-0.25, -0.2) is 9.97 Å². The van der Waals surface area contributed by atoms with Gasteiger partial charge in [0.15, 0.2) is 0 Å². The number of aryl methyl sites for hydroxylation is 2. The summed E-state index contributed by atoms with van der Waals surface area (Å²) < 4.78 is 5.60. The second-order valence-corrected chi connectivity index (χ2v) is 7.57. The van der Waals surface area contributed by atoms with E-state index in [-0.39, 0.29) is 6.04 Å². The van der Waals surface area contributed by atoms with Gasteiger partial charge in [-0.2, -0.15) is 0 Å². The van der Waals surface area contributed by atoms with Gasteiger partial charge in [-0.3, -0.25) is 9.88 Å². The van der Waals surface area contributed by atoms with Crippen molar-refractivity contribution in [3.05, 3.63) is 71.3 Å². The Bertz CT molecular complexity index is 991. The lowest BCUT2D eigenvalue weighted by Gasteiger charge is -2.25. The van der Waals surface area contributed by atoms with E-state index in [9.17, 15) is 0 Å². The molecule has 0 saturated carbocycles. The van der Waals surface area contributed by atoms with Crippen molar-refractivity contribution in [2.24, 2.45) is 0 Å². The number of benzene rings is 1. The van der Waals surface area contributed by atoms with Crippen LogP contribution >= 0.6 is 0 Å². The first kappa shape index (κ1) is 19.3. The lowest BCUT2D eigenvalue weighted by atomic mass is 10.1. The van der Waals surface area contributed by atoms with E-state index in [2.05, 4.69) is 45.3 Å². The topological polar surface area (TPSA) is 63.2 Å². The summed E-state index contributed by atoms with van der Waals surface area (Å²) in [5, 5.41) is 3.30. The van der Waals surface area contributed by atoms with E-state index in [1.807, 2.05) is 25.3 Å². The molecule has 6 heteroatoms. The number of methoxy groups -OCH3 is 1. The zero-order valence-electron chi connectivity index (χ0n) is 17.2. The van der Waals surface area contributed by atoms with E-state index < -0.39 is 0 Å². The molecule has 3 aromatic rings. The van der Waals surface area contributed by atoms with Crippen LogP contribution in [0.2, 0.25) is 0 Å². The Labute approximate surface area is 172 Å². The minimum Gasteiger partial charge on any atom is -0.496 e. The van der Waals surface area contributed by atoms with E-state index in [0.717, 1.165) is 54.6 Å². The molecular formula is C23H27N5O. The minimum absolute atomic E-state index is 0.250. The molecule has 1 saturated heterocycles. The normalized spacial score (nSPS) is 16.7. The predicted octanol–water partition coefficient (Wildman–Crippen LogP) is 4.58. The number of anilines is 2. The SMILES string of the molecule is COc1cc(C)ccc1CN1CCC[C@@H]1c1cncc(Nc2ncccc2C)n1. The van der Waals surface area contributed by atoms with Crippen LogP contribution in [0.1, 0.15) is 41.3 Å². The van der Waals surface area contributed by atoms with Gasteiger partial charge in [0.2, 0.25) is 0 Å². The number of nitrogens with one attached hydrogen (secondary N) is 1. The maximum absolute atomic E-state index is 5.60. The summed E-state index contributed by atoms with van der Waals surface area (Å²) in [6.45, 7) is 6.00. The molecule has 1 fully saturated rings. The smallest absolute Gasteiger partial charge is 0.150 e. The van der Waals surface area contributed by atoms with Gasteiger partial charge < -0.3 is 10.1 Å². The Kier molecular flexibility index (Phi) is 5.71. The van der Waals surface area contributed by atoms with Crippen molar-refractivity contribution in [1.29, 1.82) is 0 Å². The first-order valence-corrected chi connectivity index (χ1v) is 10.0. The van der Waals surface area contributed by atoms with Gasteiger partial charge in [0, 0.05) is 18.3 Å². The van der Waals surface area contributed by atoms with Crippen molar-refractivity contribution in [3.8, 4) is 5.75 Å². The quantitative estimate of drug-likeness (QED) is 0.666. The summed E-state index contributed by atoms with van der Waals surface area (Å²) in [7, 11) is 1.74. The number of ether oxygens (including phenoxy) is 1. The number of hydrogen-bond acceptors (Lipinski definition) is 6. The molecule has 3 heterocycles. The van der Waals surface area contributed by atoms with Crippen molar-refractivity contribution >= 4 is 11.6 Å². The van der Waals surface area contributed by atoms with Crippen LogP contribution in [-0.2, 0) is 6.54 Å². The van der Waals surface area contributed by atoms with Crippen LogP contribution in [-0.4, -0.2) is 33.5 Å². The highest BCUT2D eigenvalue weighted by Gasteiger charge is 2.28. The molecular weight excluding hydrogens is 362 g/mol. The highest BCUT2D eigenvalue weighted by atomic mass is 16.5. The zero-order valence-corrected chi connectivity index (χ0v) is 17.2. The third-order valence-electron chi connectivity index (χ3n) is 5.43. The molecule has 29 heavy (non-hydrogen) atoms. The van der Waals surface area contributed by atoms with Gasteiger partial charge in [-0.1, -0.05) is 18.2 Å². The summed E-state index contributed by atoms with van der Waals surface area (Å²) in [4.78, 5) is 16.2. The van der Waals surface area contributed by atoms with Gasteiger partial charge in [0.1, 0.15) is 17.4 Å². The monoisotopic (exact) mass is 389 g/mol. The van der Waals surface area contributed by atoms with Gasteiger partial charge in [0.25, 0.3) is 0 Å². The molecule has 0 amide bonds. The highest BCUT2D eigenvalue weighted by Crippen LogP contribution is 2.34. The lowest BCUT2D eigenvalue weighted by Crippen LogP contribution is -2.24. The summed E-state index contributed by atoms with van der Waals surface area (Å²) in [6, 6.07) is 10.6. The van der Waals surface area contributed by atoms with E-state index >= 15 is 0 Å². The van der Waals surface area contributed by atoms with Crippen molar-refractivity contribution < 1.29 is 4.74 Å². The number of rotatable bonds is 6. The number of likely N-dealkylation sites (tertiary alicyclic amines) is 1. The van der Waals surface area contributed by atoms with Crippen molar-refractivity contribution in [2.75, 3.05) is 19.0 Å². The Hall–Kier alpha value is -2.99. The van der Waals surface area contributed by atoms with E-state index in [0.29, 0.717) is 0 Å². The number of nitrogens with zero attached hydrogens (tertiary/aromatic N) is 4. The molecule has 1 N–H and O–H groups in total. The summed E-state index contributed by atoms with van der Waals surface area (Å²) >= 11 is 0. The largest absolute Gasteiger partial charge is 0.496 e. The Morgan fingerprint density at radius 1 is 1.21 bits per heavy atom. The van der Waals surface area contributed by atoms with Crippen LogP contribution < -0.4 is 10.1 Å².